The van der Waals surface area contributed by atoms with Crippen LogP contribution in [0.4, 0.5) is 5.69 Å². The minimum absolute atomic E-state index is 0.227. The zero-order valence-electron chi connectivity index (χ0n) is 15.1. The van der Waals surface area contributed by atoms with Gasteiger partial charge < -0.3 is 5.32 Å². The molecule has 0 radical (unpaired) electrons. The van der Waals surface area contributed by atoms with Crippen molar-refractivity contribution in [3.8, 4) is 0 Å². The van der Waals surface area contributed by atoms with Crippen LogP contribution in [0.1, 0.15) is 20.8 Å². The van der Waals surface area contributed by atoms with Crippen LogP contribution in [0.25, 0.3) is 0 Å². The third-order valence-corrected chi connectivity index (χ3v) is 6.68. The van der Waals surface area contributed by atoms with Crippen LogP contribution >= 0.6 is 24.0 Å². The van der Waals surface area contributed by atoms with Gasteiger partial charge in [-0.3, -0.25) is 4.90 Å². The molecular formula is C16H24N4O2S3. The van der Waals surface area contributed by atoms with E-state index in [4.69, 9.17) is 12.2 Å². The maximum atomic E-state index is 12.3. The second-order valence-electron chi connectivity index (χ2n) is 6.32. The average Bonchev–Trinajstić information content (AvgIpc) is 2.87. The molecule has 1 atom stereocenters. The molecule has 1 aromatic carbocycles. The molecule has 2 rings (SSSR count). The summed E-state index contributed by atoms with van der Waals surface area (Å²) in [7, 11) is -0.456. The Kier molecular flexibility index (Phi) is 6.47. The Bertz CT molecular complexity index is 775. The second-order valence-corrected chi connectivity index (χ2v) is 10.3. The molecule has 1 N–H and O–H groups in total. The summed E-state index contributed by atoms with van der Waals surface area (Å²) in [6.45, 7) is 6.96. The Morgan fingerprint density at radius 2 is 2.12 bits per heavy atom. The van der Waals surface area contributed by atoms with E-state index in [0.29, 0.717) is 16.0 Å². The number of amidine groups is 1. The Morgan fingerprint density at radius 3 is 2.72 bits per heavy atom. The number of sulfonamides is 1. The van der Waals surface area contributed by atoms with Crippen LogP contribution < -0.4 is 5.32 Å². The van der Waals surface area contributed by atoms with Gasteiger partial charge in [-0.05, 0) is 44.3 Å². The van der Waals surface area contributed by atoms with Gasteiger partial charge in [0.2, 0.25) is 10.0 Å². The number of rotatable bonds is 4. The first-order valence-corrected chi connectivity index (χ1v) is 10.7. The van der Waals surface area contributed by atoms with Crippen molar-refractivity contribution in [3.63, 3.8) is 0 Å². The maximum Gasteiger partial charge on any atom is 0.242 e. The average molecular weight is 401 g/mol. The molecule has 0 aromatic heterocycles. The molecule has 6 nitrogen and oxygen atoms in total. The van der Waals surface area contributed by atoms with Crippen LogP contribution in [0.5, 0.6) is 0 Å². The van der Waals surface area contributed by atoms with E-state index in [1.165, 1.54) is 18.4 Å². The van der Waals surface area contributed by atoms with Gasteiger partial charge in [0.25, 0.3) is 0 Å². The Morgan fingerprint density at radius 1 is 1.44 bits per heavy atom. The van der Waals surface area contributed by atoms with Crippen molar-refractivity contribution in [1.29, 1.82) is 0 Å². The van der Waals surface area contributed by atoms with Crippen molar-refractivity contribution in [2.24, 2.45) is 4.99 Å². The monoisotopic (exact) mass is 400 g/mol. The molecule has 1 aliphatic heterocycles. The maximum absolute atomic E-state index is 12.3. The van der Waals surface area contributed by atoms with Crippen molar-refractivity contribution in [1.82, 2.24) is 14.5 Å². The molecule has 1 fully saturated rings. The highest BCUT2D eigenvalue weighted by Gasteiger charge is 2.29. The lowest BCUT2D eigenvalue weighted by atomic mass is 10.3. The van der Waals surface area contributed by atoms with Gasteiger partial charge in [0.15, 0.2) is 10.3 Å². The van der Waals surface area contributed by atoms with E-state index in [1.54, 1.807) is 36.0 Å². The van der Waals surface area contributed by atoms with Gasteiger partial charge >= 0.3 is 0 Å². The summed E-state index contributed by atoms with van der Waals surface area (Å²) >= 11 is 7.11. The number of benzene rings is 1. The molecule has 1 heterocycles. The van der Waals surface area contributed by atoms with Crippen LogP contribution in [0.15, 0.2) is 34.2 Å². The van der Waals surface area contributed by atoms with Crippen molar-refractivity contribution < 1.29 is 8.42 Å². The zero-order valence-corrected chi connectivity index (χ0v) is 17.5. The SMILES string of the molecule is CC(C)NC(=S)N1CC(C)SC1=Nc1cccc(S(=O)(=O)N(C)C)c1. The number of hydrogen-bond acceptors (Lipinski definition) is 5. The third-order valence-electron chi connectivity index (χ3n) is 3.46. The fourth-order valence-electron chi connectivity index (χ4n) is 2.23. The summed E-state index contributed by atoms with van der Waals surface area (Å²) < 4.78 is 25.8. The highest BCUT2D eigenvalue weighted by molar-refractivity contribution is 8.14. The molecule has 0 aliphatic carbocycles. The lowest BCUT2D eigenvalue weighted by molar-refractivity contribution is 0.521. The molecule has 25 heavy (non-hydrogen) atoms. The van der Waals surface area contributed by atoms with E-state index in [2.05, 4.69) is 17.2 Å². The number of thiocarbonyl (C=S) groups is 1. The summed E-state index contributed by atoms with van der Waals surface area (Å²) in [5.41, 5.74) is 0.594. The third kappa shape index (κ3) is 4.93. The number of nitrogens with one attached hydrogen (secondary N) is 1. The summed E-state index contributed by atoms with van der Waals surface area (Å²) in [5, 5.41) is 5.02. The van der Waals surface area contributed by atoms with Crippen LogP contribution in [0.3, 0.4) is 0 Å². The normalized spacial score (nSPS) is 19.9. The van der Waals surface area contributed by atoms with E-state index >= 15 is 0 Å². The van der Waals surface area contributed by atoms with Gasteiger partial charge in [-0.1, -0.05) is 24.8 Å². The molecular weight excluding hydrogens is 376 g/mol. The van der Waals surface area contributed by atoms with Gasteiger partial charge in [0.05, 0.1) is 10.6 Å². The van der Waals surface area contributed by atoms with Crippen LogP contribution in [-0.4, -0.2) is 59.8 Å². The summed E-state index contributed by atoms with van der Waals surface area (Å²) in [6.07, 6.45) is 0. The van der Waals surface area contributed by atoms with Crippen LogP contribution in [-0.2, 0) is 10.0 Å². The predicted molar refractivity (Wildman–Crippen MR) is 109 cm³/mol. The first-order chi connectivity index (χ1) is 11.6. The summed E-state index contributed by atoms with van der Waals surface area (Å²) in [5.74, 6) is 0. The standard InChI is InChI=1S/C16H24N4O2S3/c1-11(2)17-15(23)20-10-12(3)24-16(20)18-13-7-6-8-14(9-13)25(21,22)19(4)5/h6-9,11-12H,10H2,1-5H3,(H,17,23). The molecule has 0 amide bonds. The molecule has 1 aliphatic rings. The fourth-order valence-corrected chi connectivity index (χ4v) is 4.66. The Labute approximate surface area is 159 Å². The van der Waals surface area contributed by atoms with E-state index in [1.807, 2.05) is 18.7 Å². The van der Waals surface area contributed by atoms with Crippen molar-refractivity contribution in [2.75, 3.05) is 20.6 Å². The van der Waals surface area contributed by atoms with Crippen LogP contribution in [0, 0.1) is 0 Å². The number of aliphatic imine (C=N–C) groups is 1. The lowest BCUT2D eigenvalue weighted by Gasteiger charge is -2.22. The Balaban J connectivity index is 2.33. The predicted octanol–water partition coefficient (Wildman–Crippen LogP) is 2.64. The van der Waals surface area contributed by atoms with Crippen molar-refractivity contribution >= 4 is 50.0 Å². The first-order valence-electron chi connectivity index (χ1n) is 7.97. The molecule has 1 saturated heterocycles. The van der Waals surface area contributed by atoms with E-state index in [0.717, 1.165) is 11.7 Å². The van der Waals surface area contributed by atoms with E-state index in [-0.39, 0.29) is 10.9 Å². The largest absolute Gasteiger partial charge is 0.360 e. The molecule has 1 unspecified atom stereocenters. The van der Waals surface area contributed by atoms with Gasteiger partial charge in [-0.15, -0.1) is 0 Å². The number of hydrogen-bond donors (Lipinski definition) is 1. The van der Waals surface area contributed by atoms with E-state index < -0.39 is 10.0 Å². The fraction of sp³-hybridized carbons (Fsp3) is 0.500. The molecule has 0 spiro atoms. The lowest BCUT2D eigenvalue weighted by Crippen LogP contribution is -2.43. The molecule has 1 aromatic rings. The Hall–Kier alpha value is -1.16. The first kappa shape index (κ1) is 20.2. The minimum Gasteiger partial charge on any atom is -0.360 e. The van der Waals surface area contributed by atoms with Crippen LogP contribution in [0.2, 0.25) is 0 Å². The van der Waals surface area contributed by atoms with Gasteiger partial charge in [-0.2, -0.15) is 0 Å². The highest BCUT2D eigenvalue weighted by atomic mass is 32.2. The topological polar surface area (TPSA) is 65.0 Å². The van der Waals surface area contributed by atoms with E-state index in [9.17, 15) is 8.42 Å². The molecule has 0 bridgehead atoms. The van der Waals surface area contributed by atoms with Gasteiger partial charge in [-0.25, -0.2) is 17.7 Å². The van der Waals surface area contributed by atoms with Crippen molar-refractivity contribution in [2.45, 2.75) is 37.0 Å². The zero-order chi connectivity index (χ0) is 18.8. The number of thioether (sulfide) groups is 1. The minimum atomic E-state index is -3.48. The smallest absolute Gasteiger partial charge is 0.242 e. The second kappa shape index (κ2) is 8.03. The van der Waals surface area contributed by atoms with Crippen molar-refractivity contribution in [3.05, 3.63) is 24.3 Å². The summed E-state index contributed by atoms with van der Waals surface area (Å²) in [4.78, 5) is 6.84. The molecule has 9 heteroatoms. The molecule has 0 saturated carbocycles. The summed E-state index contributed by atoms with van der Waals surface area (Å²) in [6, 6.07) is 6.90. The van der Waals surface area contributed by atoms with Gasteiger partial charge in [0.1, 0.15) is 0 Å². The molecule has 138 valence electrons. The highest BCUT2D eigenvalue weighted by Crippen LogP contribution is 2.29. The quantitative estimate of drug-likeness (QED) is 0.784. The number of nitrogens with zero attached hydrogens (tertiary/aromatic N) is 3. The van der Waals surface area contributed by atoms with Gasteiger partial charge in [0, 0.05) is 31.9 Å².